The molecule has 8 nitrogen and oxygen atoms in total. The first-order valence-electron chi connectivity index (χ1n) is 8.89. The van der Waals surface area contributed by atoms with Gasteiger partial charge in [-0.25, -0.2) is 4.98 Å². The topological polar surface area (TPSA) is 91.4 Å². The maximum Gasteiger partial charge on any atom is 0.271 e. The number of aromatic nitrogens is 3. The minimum Gasteiger partial charge on any atom is -0.480 e. The Morgan fingerprint density at radius 2 is 2.15 bits per heavy atom. The third kappa shape index (κ3) is 3.30. The van der Waals surface area contributed by atoms with Crippen LogP contribution in [0.1, 0.15) is 12.8 Å². The lowest BCUT2D eigenvalue weighted by atomic mass is 10.0. The standard InChI is InChI=1S/C19H21N5O3/c1-3-18(25)23-10-14(11-23)24(13-4-5-13)16-6-12(7-21-19(16)26)15-8-20-9-17(22-15)27-2/h3,6-9,13-14H,1,4-5,10-11H2,2H3,(H,21,26). The molecule has 1 saturated heterocycles. The highest BCUT2D eigenvalue weighted by Crippen LogP contribution is 2.35. The molecule has 2 aliphatic rings. The minimum atomic E-state index is -0.144. The molecule has 1 aliphatic carbocycles. The molecule has 1 amide bonds. The fourth-order valence-corrected chi connectivity index (χ4v) is 3.38. The van der Waals surface area contributed by atoms with Crippen LogP contribution in [0.4, 0.5) is 5.69 Å². The molecule has 4 rings (SSSR count). The molecule has 27 heavy (non-hydrogen) atoms. The Morgan fingerprint density at radius 1 is 1.37 bits per heavy atom. The molecule has 1 N–H and O–H groups in total. The van der Waals surface area contributed by atoms with Crippen LogP contribution in [0.3, 0.4) is 0 Å². The van der Waals surface area contributed by atoms with Crippen LogP contribution in [0.5, 0.6) is 5.88 Å². The van der Waals surface area contributed by atoms with E-state index in [1.165, 1.54) is 19.4 Å². The molecule has 2 fully saturated rings. The number of amides is 1. The SMILES string of the molecule is C=CC(=O)N1CC(N(c2cc(-c3cncc(OC)n3)c[nH]c2=O)C2CC2)C1. The zero-order chi connectivity index (χ0) is 19.0. The fraction of sp³-hybridized carbons (Fsp3) is 0.368. The smallest absolute Gasteiger partial charge is 0.271 e. The van der Waals surface area contributed by atoms with E-state index in [4.69, 9.17) is 4.74 Å². The van der Waals surface area contributed by atoms with E-state index >= 15 is 0 Å². The zero-order valence-corrected chi connectivity index (χ0v) is 15.1. The van der Waals surface area contributed by atoms with Gasteiger partial charge < -0.3 is 19.5 Å². The second-order valence-corrected chi connectivity index (χ2v) is 6.79. The Labute approximate surface area is 156 Å². The minimum absolute atomic E-state index is 0.0729. The molecule has 8 heteroatoms. The normalized spacial score (nSPS) is 16.6. The van der Waals surface area contributed by atoms with E-state index in [2.05, 4.69) is 26.4 Å². The Morgan fingerprint density at radius 3 is 2.81 bits per heavy atom. The Bertz CT molecular complexity index is 931. The molecule has 0 spiro atoms. The van der Waals surface area contributed by atoms with Gasteiger partial charge in [0.05, 0.1) is 31.2 Å². The summed E-state index contributed by atoms with van der Waals surface area (Å²) in [6.45, 7) is 4.73. The number of rotatable bonds is 6. The van der Waals surface area contributed by atoms with Crippen LogP contribution < -0.4 is 15.2 Å². The number of anilines is 1. The number of pyridine rings is 1. The van der Waals surface area contributed by atoms with Gasteiger partial charge in [0.2, 0.25) is 11.8 Å². The Balaban J connectivity index is 1.64. The van der Waals surface area contributed by atoms with Gasteiger partial charge in [0.25, 0.3) is 5.56 Å². The number of carbonyl (C=O) groups is 1. The lowest BCUT2D eigenvalue weighted by molar-refractivity contribution is -0.130. The second kappa shape index (κ2) is 6.86. The molecule has 0 atom stereocenters. The predicted octanol–water partition coefficient (Wildman–Crippen LogP) is 1.21. The van der Waals surface area contributed by atoms with Gasteiger partial charge in [0, 0.05) is 30.9 Å². The second-order valence-electron chi connectivity index (χ2n) is 6.79. The van der Waals surface area contributed by atoms with Crippen molar-refractivity contribution in [1.29, 1.82) is 0 Å². The molecule has 3 heterocycles. The summed E-state index contributed by atoms with van der Waals surface area (Å²) in [5.74, 6) is 0.341. The molecule has 1 aliphatic heterocycles. The summed E-state index contributed by atoms with van der Waals surface area (Å²) in [7, 11) is 1.54. The van der Waals surface area contributed by atoms with Gasteiger partial charge in [-0.2, -0.15) is 0 Å². The van der Waals surface area contributed by atoms with Crippen molar-refractivity contribution < 1.29 is 9.53 Å². The van der Waals surface area contributed by atoms with Crippen LogP contribution in [0.25, 0.3) is 11.3 Å². The highest BCUT2D eigenvalue weighted by Gasteiger charge is 2.42. The van der Waals surface area contributed by atoms with Crippen LogP contribution in [0.2, 0.25) is 0 Å². The van der Waals surface area contributed by atoms with Crippen LogP contribution in [-0.4, -0.2) is 58.0 Å². The molecule has 2 aromatic rings. The van der Waals surface area contributed by atoms with Gasteiger partial charge in [0.1, 0.15) is 5.69 Å². The molecule has 0 aromatic carbocycles. The molecular formula is C19H21N5O3. The quantitative estimate of drug-likeness (QED) is 0.772. The fourth-order valence-electron chi connectivity index (χ4n) is 3.38. The number of methoxy groups -OCH3 is 1. The summed E-state index contributed by atoms with van der Waals surface area (Å²) in [5.41, 5.74) is 1.85. The number of likely N-dealkylation sites (tertiary alicyclic amines) is 1. The maximum absolute atomic E-state index is 12.6. The number of carbonyl (C=O) groups excluding carboxylic acids is 1. The van der Waals surface area contributed by atoms with Crippen molar-refractivity contribution >= 4 is 11.6 Å². The van der Waals surface area contributed by atoms with Crippen molar-refractivity contribution in [3.63, 3.8) is 0 Å². The summed E-state index contributed by atoms with van der Waals surface area (Å²) in [4.78, 5) is 39.5. The van der Waals surface area contributed by atoms with Crippen molar-refractivity contribution in [3.05, 3.63) is 47.7 Å². The van der Waals surface area contributed by atoms with E-state index < -0.39 is 0 Å². The highest BCUT2D eigenvalue weighted by molar-refractivity contribution is 5.88. The van der Waals surface area contributed by atoms with E-state index in [1.54, 1.807) is 17.3 Å². The zero-order valence-electron chi connectivity index (χ0n) is 15.1. The van der Waals surface area contributed by atoms with Crippen molar-refractivity contribution in [3.8, 4) is 17.1 Å². The van der Waals surface area contributed by atoms with Crippen LogP contribution in [0.15, 0.2) is 42.1 Å². The lowest BCUT2D eigenvalue weighted by Gasteiger charge is -2.46. The number of ether oxygens (including phenoxy) is 1. The van der Waals surface area contributed by atoms with E-state index in [0.29, 0.717) is 36.4 Å². The number of nitrogens with one attached hydrogen (secondary N) is 1. The molecule has 0 unspecified atom stereocenters. The summed E-state index contributed by atoms with van der Waals surface area (Å²) in [6.07, 6.45) is 8.23. The van der Waals surface area contributed by atoms with Crippen molar-refractivity contribution in [1.82, 2.24) is 19.9 Å². The van der Waals surface area contributed by atoms with Crippen molar-refractivity contribution in [2.45, 2.75) is 24.9 Å². The van der Waals surface area contributed by atoms with Gasteiger partial charge in [0.15, 0.2) is 0 Å². The van der Waals surface area contributed by atoms with Crippen molar-refractivity contribution in [2.24, 2.45) is 0 Å². The molecule has 1 saturated carbocycles. The Kier molecular flexibility index (Phi) is 4.39. The average molecular weight is 367 g/mol. The largest absolute Gasteiger partial charge is 0.480 e. The summed E-state index contributed by atoms with van der Waals surface area (Å²) in [6, 6.07) is 2.32. The van der Waals surface area contributed by atoms with Gasteiger partial charge in [-0.1, -0.05) is 6.58 Å². The predicted molar refractivity (Wildman–Crippen MR) is 101 cm³/mol. The monoisotopic (exact) mass is 367 g/mol. The van der Waals surface area contributed by atoms with Crippen molar-refractivity contribution in [2.75, 3.05) is 25.1 Å². The van der Waals surface area contributed by atoms with Gasteiger partial charge in [-0.15, -0.1) is 0 Å². The van der Waals surface area contributed by atoms with Crippen LogP contribution in [0, 0.1) is 0 Å². The summed E-state index contributed by atoms with van der Waals surface area (Å²) < 4.78 is 5.13. The van der Waals surface area contributed by atoms with E-state index in [0.717, 1.165) is 18.4 Å². The number of nitrogens with zero attached hydrogens (tertiary/aromatic N) is 4. The number of hydrogen-bond acceptors (Lipinski definition) is 6. The lowest BCUT2D eigenvalue weighted by Crippen LogP contribution is -2.62. The molecule has 0 bridgehead atoms. The van der Waals surface area contributed by atoms with Crippen LogP contribution in [-0.2, 0) is 4.79 Å². The first-order chi connectivity index (χ1) is 13.1. The molecule has 2 aromatic heterocycles. The highest BCUT2D eigenvalue weighted by atomic mass is 16.5. The first kappa shape index (κ1) is 17.3. The summed E-state index contributed by atoms with van der Waals surface area (Å²) >= 11 is 0. The van der Waals surface area contributed by atoms with Gasteiger partial charge in [-0.05, 0) is 25.0 Å². The summed E-state index contributed by atoms with van der Waals surface area (Å²) in [5, 5.41) is 0. The van der Waals surface area contributed by atoms with Gasteiger partial charge >= 0.3 is 0 Å². The third-order valence-corrected chi connectivity index (χ3v) is 4.96. The molecule has 0 radical (unpaired) electrons. The van der Waals surface area contributed by atoms with E-state index in [1.807, 2.05) is 6.07 Å². The van der Waals surface area contributed by atoms with Crippen LogP contribution >= 0.6 is 0 Å². The van der Waals surface area contributed by atoms with E-state index in [-0.39, 0.29) is 17.5 Å². The van der Waals surface area contributed by atoms with Gasteiger partial charge in [-0.3, -0.25) is 14.6 Å². The average Bonchev–Trinajstić information content (AvgIpc) is 3.49. The molecule has 140 valence electrons. The van der Waals surface area contributed by atoms with E-state index in [9.17, 15) is 9.59 Å². The maximum atomic E-state index is 12.6. The number of hydrogen-bond donors (Lipinski definition) is 1. The number of aromatic amines is 1. The molecular weight excluding hydrogens is 346 g/mol. The number of H-pyrrole nitrogens is 1. The Hall–Kier alpha value is -3.16. The first-order valence-corrected chi connectivity index (χ1v) is 8.89. The third-order valence-electron chi connectivity index (χ3n) is 4.96.